The Morgan fingerprint density at radius 1 is 1.00 bits per heavy atom. The molecule has 0 unspecified atom stereocenters. The minimum Gasteiger partial charge on any atom is -0.490 e. The SMILES string of the molecule is CC(C)c1ccc(OCCOc2cccc(/C=N/O)c2)cc1. The Kier molecular flexibility index (Phi) is 5.83. The number of hydrogen-bond donors (Lipinski definition) is 1. The molecule has 0 radical (unpaired) electrons. The van der Waals surface area contributed by atoms with Crippen LogP contribution < -0.4 is 9.47 Å². The molecule has 22 heavy (non-hydrogen) atoms. The van der Waals surface area contributed by atoms with Gasteiger partial charge in [-0.05, 0) is 41.3 Å². The quantitative estimate of drug-likeness (QED) is 0.363. The zero-order valence-electron chi connectivity index (χ0n) is 12.9. The first-order chi connectivity index (χ1) is 10.7. The highest BCUT2D eigenvalue weighted by atomic mass is 16.5. The van der Waals surface area contributed by atoms with Gasteiger partial charge < -0.3 is 14.7 Å². The molecular weight excluding hydrogens is 278 g/mol. The minimum atomic E-state index is 0.450. The summed E-state index contributed by atoms with van der Waals surface area (Å²) in [5.74, 6) is 2.08. The third-order valence-corrected chi connectivity index (χ3v) is 3.23. The van der Waals surface area contributed by atoms with Crippen LogP contribution in [0.25, 0.3) is 0 Å². The Balaban J connectivity index is 1.78. The second-order valence-corrected chi connectivity index (χ2v) is 5.24. The summed E-state index contributed by atoms with van der Waals surface area (Å²) in [6.45, 7) is 5.25. The van der Waals surface area contributed by atoms with E-state index in [2.05, 4.69) is 31.1 Å². The molecule has 2 rings (SSSR count). The second kappa shape index (κ2) is 8.08. The number of rotatable bonds is 7. The molecule has 0 spiro atoms. The lowest BCUT2D eigenvalue weighted by atomic mass is 10.0. The van der Waals surface area contributed by atoms with E-state index in [1.54, 1.807) is 6.07 Å². The zero-order valence-corrected chi connectivity index (χ0v) is 12.9. The van der Waals surface area contributed by atoms with Gasteiger partial charge in [0.2, 0.25) is 0 Å². The van der Waals surface area contributed by atoms with Crippen molar-refractivity contribution >= 4 is 6.21 Å². The normalized spacial score (nSPS) is 11.0. The molecular formula is C18H21NO3. The molecule has 0 aromatic heterocycles. The van der Waals surface area contributed by atoms with Gasteiger partial charge in [-0.25, -0.2) is 0 Å². The van der Waals surface area contributed by atoms with Gasteiger partial charge >= 0.3 is 0 Å². The van der Waals surface area contributed by atoms with Gasteiger partial charge in [-0.3, -0.25) is 0 Å². The molecule has 0 saturated heterocycles. The van der Waals surface area contributed by atoms with E-state index in [1.807, 2.05) is 30.3 Å². The lowest BCUT2D eigenvalue weighted by molar-refractivity contribution is 0.217. The fourth-order valence-corrected chi connectivity index (χ4v) is 2.02. The summed E-state index contributed by atoms with van der Waals surface area (Å²) in [5, 5.41) is 11.5. The maximum absolute atomic E-state index is 8.51. The molecule has 4 heteroatoms. The Hall–Kier alpha value is -2.49. The monoisotopic (exact) mass is 299 g/mol. The van der Waals surface area contributed by atoms with Crippen molar-refractivity contribution in [2.24, 2.45) is 5.16 Å². The van der Waals surface area contributed by atoms with Gasteiger partial charge in [0.05, 0.1) is 6.21 Å². The molecule has 0 bridgehead atoms. The molecule has 0 aliphatic carbocycles. The molecule has 4 nitrogen and oxygen atoms in total. The van der Waals surface area contributed by atoms with Crippen molar-refractivity contribution in [1.29, 1.82) is 0 Å². The van der Waals surface area contributed by atoms with Crippen molar-refractivity contribution < 1.29 is 14.7 Å². The highest BCUT2D eigenvalue weighted by molar-refractivity contribution is 5.79. The summed E-state index contributed by atoms with van der Waals surface area (Å²) in [6.07, 6.45) is 1.36. The predicted molar refractivity (Wildman–Crippen MR) is 87.3 cm³/mol. The van der Waals surface area contributed by atoms with Gasteiger partial charge in [0, 0.05) is 0 Å². The van der Waals surface area contributed by atoms with Crippen molar-refractivity contribution in [2.45, 2.75) is 19.8 Å². The van der Waals surface area contributed by atoms with Crippen LogP contribution in [0.15, 0.2) is 53.7 Å². The maximum Gasteiger partial charge on any atom is 0.122 e. The van der Waals surface area contributed by atoms with Crippen LogP contribution in [0.5, 0.6) is 11.5 Å². The van der Waals surface area contributed by atoms with E-state index < -0.39 is 0 Å². The van der Waals surface area contributed by atoms with Crippen molar-refractivity contribution in [3.05, 3.63) is 59.7 Å². The summed E-state index contributed by atoms with van der Waals surface area (Å²) in [5.41, 5.74) is 2.08. The molecule has 2 aromatic carbocycles. The number of ether oxygens (including phenoxy) is 2. The standard InChI is InChI=1S/C18H21NO3/c1-14(2)16-6-8-17(9-7-16)21-10-11-22-18-5-3-4-15(12-18)13-19-20/h3-9,12-14,20H,10-11H2,1-2H3/b19-13+. The molecule has 116 valence electrons. The molecule has 0 saturated carbocycles. The fraction of sp³-hybridized carbons (Fsp3) is 0.278. The van der Waals surface area contributed by atoms with Crippen LogP contribution >= 0.6 is 0 Å². The Bertz CT molecular complexity index is 606. The van der Waals surface area contributed by atoms with Gasteiger partial charge in [-0.1, -0.05) is 43.3 Å². The van der Waals surface area contributed by atoms with Crippen LogP contribution in [0, 0.1) is 0 Å². The van der Waals surface area contributed by atoms with Crippen molar-refractivity contribution in [3.8, 4) is 11.5 Å². The summed E-state index contributed by atoms with van der Waals surface area (Å²) >= 11 is 0. The second-order valence-electron chi connectivity index (χ2n) is 5.24. The van der Waals surface area contributed by atoms with Gasteiger partial charge in [0.1, 0.15) is 24.7 Å². The van der Waals surface area contributed by atoms with E-state index in [-0.39, 0.29) is 0 Å². The molecule has 0 aliphatic heterocycles. The van der Waals surface area contributed by atoms with E-state index in [1.165, 1.54) is 11.8 Å². The highest BCUT2D eigenvalue weighted by Crippen LogP contribution is 2.18. The summed E-state index contributed by atoms with van der Waals surface area (Å²) in [6, 6.07) is 15.5. The molecule has 0 fully saturated rings. The smallest absolute Gasteiger partial charge is 0.122 e. The first-order valence-electron chi connectivity index (χ1n) is 7.32. The predicted octanol–water partition coefficient (Wildman–Crippen LogP) is 4.08. The van der Waals surface area contributed by atoms with Crippen LogP contribution in [0.4, 0.5) is 0 Å². The van der Waals surface area contributed by atoms with E-state index in [4.69, 9.17) is 14.7 Å². The maximum atomic E-state index is 8.51. The summed E-state index contributed by atoms with van der Waals surface area (Å²) in [7, 11) is 0. The van der Waals surface area contributed by atoms with Crippen LogP contribution in [0.2, 0.25) is 0 Å². The fourth-order valence-electron chi connectivity index (χ4n) is 2.02. The lowest BCUT2D eigenvalue weighted by Crippen LogP contribution is -2.09. The lowest BCUT2D eigenvalue weighted by Gasteiger charge is -2.10. The van der Waals surface area contributed by atoms with E-state index in [9.17, 15) is 0 Å². The summed E-state index contributed by atoms with van der Waals surface area (Å²) < 4.78 is 11.3. The van der Waals surface area contributed by atoms with Crippen molar-refractivity contribution in [3.63, 3.8) is 0 Å². The summed E-state index contributed by atoms with van der Waals surface area (Å²) in [4.78, 5) is 0. The number of oxime groups is 1. The minimum absolute atomic E-state index is 0.450. The van der Waals surface area contributed by atoms with Crippen LogP contribution in [0.3, 0.4) is 0 Å². The zero-order chi connectivity index (χ0) is 15.8. The Labute approximate surface area is 131 Å². The molecule has 1 N–H and O–H groups in total. The van der Waals surface area contributed by atoms with E-state index in [0.717, 1.165) is 17.1 Å². The molecule has 0 amide bonds. The number of benzene rings is 2. The average Bonchev–Trinajstić information content (AvgIpc) is 2.53. The topological polar surface area (TPSA) is 51.0 Å². The van der Waals surface area contributed by atoms with Crippen molar-refractivity contribution in [1.82, 2.24) is 0 Å². The highest BCUT2D eigenvalue weighted by Gasteiger charge is 2.00. The third-order valence-electron chi connectivity index (χ3n) is 3.23. The van der Waals surface area contributed by atoms with Crippen LogP contribution in [-0.2, 0) is 0 Å². The van der Waals surface area contributed by atoms with E-state index in [0.29, 0.717) is 19.1 Å². The number of hydrogen-bond acceptors (Lipinski definition) is 4. The number of nitrogens with zero attached hydrogens (tertiary/aromatic N) is 1. The van der Waals surface area contributed by atoms with Gasteiger partial charge in [0.15, 0.2) is 0 Å². The largest absolute Gasteiger partial charge is 0.490 e. The Morgan fingerprint density at radius 2 is 1.68 bits per heavy atom. The van der Waals surface area contributed by atoms with Crippen LogP contribution in [0.1, 0.15) is 30.9 Å². The van der Waals surface area contributed by atoms with Crippen LogP contribution in [-0.4, -0.2) is 24.6 Å². The molecule has 0 heterocycles. The van der Waals surface area contributed by atoms with Crippen molar-refractivity contribution in [2.75, 3.05) is 13.2 Å². The third kappa shape index (κ3) is 4.81. The van der Waals surface area contributed by atoms with E-state index >= 15 is 0 Å². The van der Waals surface area contributed by atoms with Gasteiger partial charge in [-0.15, -0.1) is 0 Å². The molecule has 2 aromatic rings. The Morgan fingerprint density at radius 3 is 2.32 bits per heavy atom. The van der Waals surface area contributed by atoms with Gasteiger partial charge in [0.25, 0.3) is 0 Å². The first-order valence-corrected chi connectivity index (χ1v) is 7.32. The molecule has 0 aliphatic rings. The average molecular weight is 299 g/mol. The van der Waals surface area contributed by atoms with Gasteiger partial charge in [-0.2, -0.15) is 0 Å². The molecule has 0 atom stereocenters. The first kappa shape index (κ1) is 15.9.